The minimum absolute atomic E-state index is 0.00895. The molecule has 0 saturated carbocycles. The van der Waals surface area contributed by atoms with Gasteiger partial charge in [0.15, 0.2) is 0 Å². The number of rotatable bonds is 4. The molecule has 0 radical (unpaired) electrons. The van der Waals surface area contributed by atoms with Crippen LogP contribution in [-0.2, 0) is 17.7 Å². The Labute approximate surface area is 168 Å². The van der Waals surface area contributed by atoms with E-state index >= 15 is 0 Å². The third kappa shape index (κ3) is 3.28. The number of pyridine rings is 2. The highest BCUT2D eigenvalue weighted by atomic mass is 16.5. The summed E-state index contributed by atoms with van der Waals surface area (Å²) in [6, 6.07) is 10.6. The predicted octanol–water partition coefficient (Wildman–Crippen LogP) is 4.29. The van der Waals surface area contributed by atoms with E-state index in [1.165, 1.54) is 16.7 Å². The molecule has 5 heteroatoms. The molecule has 0 aliphatic carbocycles. The fraction of sp³-hybridized carbons (Fsp3) is 0.250. The monoisotopic (exact) mass is 385 g/mol. The van der Waals surface area contributed by atoms with Gasteiger partial charge in [0.2, 0.25) is 0 Å². The number of ether oxygens (including phenoxy) is 1. The van der Waals surface area contributed by atoms with Gasteiger partial charge in [-0.25, -0.2) is 0 Å². The molecule has 0 saturated heterocycles. The molecule has 4 aromatic rings. The summed E-state index contributed by atoms with van der Waals surface area (Å²) in [7, 11) is 0. The number of fused-ring (bicyclic) bond motifs is 2. The van der Waals surface area contributed by atoms with Gasteiger partial charge in [-0.2, -0.15) is 0 Å². The molecule has 1 N–H and O–H groups in total. The lowest BCUT2D eigenvalue weighted by Gasteiger charge is -2.16. The summed E-state index contributed by atoms with van der Waals surface area (Å²) in [5.41, 5.74) is 5.67. The van der Waals surface area contributed by atoms with Gasteiger partial charge in [0.1, 0.15) is 0 Å². The molecule has 1 aliphatic heterocycles. The zero-order chi connectivity index (χ0) is 19.8. The number of H-pyrrole nitrogens is 1. The van der Waals surface area contributed by atoms with Crippen LogP contribution in [0, 0.1) is 0 Å². The highest BCUT2D eigenvalue weighted by molar-refractivity contribution is 5.92. The van der Waals surface area contributed by atoms with E-state index in [-0.39, 0.29) is 5.56 Å². The van der Waals surface area contributed by atoms with Crippen molar-refractivity contribution in [3.05, 3.63) is 82.2 Å². The van der Waals surface area contributed by atoms with Gasteiger partial charge in [0.25, 0.3) is 5.56 Å². The van der Waals surface area contributed by atoms with Crippen molar-refractivity contribution in [2.45, 2.75) is 26.3 Å². The summed E-state index contributed by atoms with van der Waals surface area (Å²) in [6.07, 6.45) is 9.34. The van der Waals surface area contributed by atoms with Gasteiger partial charge >= 0.3 is 0 Å². The second-order valence-corrected chi connectivity index (χ2v) is 7.52. The summed E-state index contributed by atoms with van der Waals surface area (Å²) in [5, 5.41) is 2.82. The molecule has 0 amide bonds. The molecule has 3 aromatic heterocycles. The van der Waals surface area contributed by atoms with Crippen LogP contribution in [0.1, 0.15) is 30.2 Å². The highest BCUT2D eigenvalue weighted by Gasteiger charge is 2.13. The fourth-order valence-electron chi connectivity index (χ4n) is 4.08. The second-order valence-electron chi connectivity index (χ2n) is 7.52. The van der Waals surface area contributed by atoms with Crippen LogP contribution in [-0.4, -0.2) is 27.7 Å². The van der Waals surface area contributed by atoms with Crippen molar-refractivity contribution in [1.82, 2.24) is 14.5 Å². The van der Waals surface area contributed by atoms with Crippen molar-refractivity contribution in [2.75, 3.05) is 13.2 Å². The summed E-state index contributed by atoms with van der Waals surface area (Å²) in [6.45, 7) is 3.99. The third-order valence-electron chi connectivity index (χ3n) is 5.69. The van der Waals surface area contributed by atoms with Crippen molar-refractivity contribution >= 4 is 27.2 Å². The van der Waals surface area contributed by atoms with E-state index in [2.05, 4.69) is 47.2 Å². The maximum absolute atomic E-state index is 13.2. The van der Waals surface area contributed by atoms with Gasteiger partial charge in [0.05, 0.1) is 25.1 Å². The van der Waals surface area contributed by atoms with E-state index in [0.29, 0.717) is 25.1 Å². The number of aromatic amines is 1. The van der Waals surface area contributed by atoms with Gasteiger partial charge in [-0.05, 0) is 52.9 Å². The molecule has 0 fully saturated rings. The van der Waals surface area contributed by atoms with Crippen LogP contribution in [0.3, 0.4) is 0 Å². The standard InChI is InChI=1S/C24H23N3O2/c1-2-19-12-18-4-3-16(11-23(18)26-19)15-27-8-5-20-21(17-6-9-29-10-7-17)13-25-14-22(20)24(27)28/h3-6,8,11-14,26H,2,7,9-10,15H2,1H3. The Bertz CT molecular complexity index is 1300. The minimum Gasteiger partial charge on any atom is -0.377 e. The van der Waals surface area contributed by atoms with Gasteiger partial charge in [-0.15, -0.1) is 0 Å². The number of nitrogens with zero attached hydrogens (tertiary/aromatic N) is 2. The molecule has 0 spiro atoms. The zero-order valence-corrected chi connectivity index (χ0v) is 16.4. The molecule has 0 unspecified atom stereocenters. The number of aromatic nitrogens is 3. The van der Waals surface area contributed by atoms with Crippen molar-refractivity contribution in [3.63, 3.8) is 0 Å². The second kappa shape index (κ2) is 7.33. The maximum Gasteiger partial charge on any atom is 0.260 e. The van der Waals surface area contributed by atoms with Crippen LogP contribution in [0.2, 0.25) is 0 Å². The average Bonchev–Trinajstić information content (AvgIpc) is 3.18. The van der Waals surface area contributed by atoms with Gasteiger partial charge < -0.3 is 14.3 Å². The normalized spacial score (nSPS) is 14.4. The Balaban J connectivity index is 1.53. The molecule has 29 heavy (non-hydrogen) atoms. The Morgan fingerprint density at radius 3 is 2.93 bits per heavy atom. The largest absolute Gasteiger partial charge is 0.377 e. The fourth-order valence-corrected chi connectivity index (χ4v) is 4.08. The lowest BCUT2D eigenvalue weighted by Crippen LogP contribution is -2.20. The topological polar surface area (TPSA) is 59.9 Å². The quantitative estimate of drug-likeness (QED) is 0.570. The maximum atomic E-state index is 13.2. The molecule has 1 aromatic carbocycles. The van der Waals surface area contributed by atoms with Gasteiger partial charge in [-0.1, -0.05) is 25.1 Å². The van der Waals surface area contributed by atoms with Crippen LogP contribution < -0.4 is 5.56 Å². The number of hydrogen-bond acceptors (Lipinski definition) is 3. The Morgan fingerprint density at radius 2 is 2.10 bits per heavy atom. The average molecular weight is 385 g/mol. The molecule has 1 aliphatic rings. The van der Waals surface area contributed by atoms with E-state index in [0.717, 1.165) is 34.9 Å². The van der Waals surface area contributed by atoms with Crippen LogP contribution in [0.25, 0.3) is 27.2 Å². The van der Waals surface area contributed by atoms with E-state index in [4.69, 9.17) is 4.74 Å². The molecule has 146 valence electrons. The lowest BCUT2D eigenvalue weighted by molar-refractivity contribution is 0.161. The summed E-state index contributed by atoms with van der Waals surface area (Å²) < 4.78 is 7.18. The van der Waals surface area contributed by atoms with E-state index in [1.807, 2.05) is 18.5 Å². The zero-order valence-electron chi connectivity index (χ0n) is 16.4. The van der Waals surface area contributed by atoms with Crippen molar-refractivity contribution in [3.8, 4) is 0 Å². The highest BCUT2D eigenvalue weighted by Crippen LogP contribution is 2.26. The molecular weight excluding hydrogens is 362 g/mol. The van der Waals surface area contributed by atoms with E-state index in [1.54, 1.807) is 10.8 Å². The van der Waals surface area contributed by atoms with E-state index in [9.17, 15) is 4.79 Å². The molecule has 5 nitrogen and oxygen atoms in total. The third-order valence-corrected chi connectivity index (χ3v) is 5.69. The van der Waals surface area contributed by atoms with Crippen LogP contribution in [0.4, 0.5) is 0 Å². The first-order chi connectivity index (χ1) is 14.2. The number of hydrogen-bond donors (Lipinski definition) is 1. The van der Waals surface area contributed by atoms with Crippen LogP contribution in [0.15, 0.2) is 59.8 Å². The smallest absolute Gasteiger partial charge is 0.260 e. The van der Waals surface area contributed by atoms with Crippen LogP contribution >= 0.6 is 0 Å². The van der Waals surface area contributed by atoms with Crippen molar-refractivity contribution < 1.29 is 4.74 Å². The summed E-state index contributed by atoms with van der Waals surface area (Å²) >= 11 is 0. The molecular formula is C24H23N3O2. The Kier molecular flexibility index (Phi) is 4.52. The first kappa shape index (κ1) is 17.9. The Morgan fingerprint density at radius 1 is 1.17 bits per heavy atom. The first-order valence-corrected chi connectivity index (χ1v) is 10.1. The van der Waals surface area contributed by atoms with Crippen molar-refractivity contribution in [2.24, 2.45) is 0 Å². The Hall–Kier alpha value is -3.18. The van der Waals surface area contributed by atoms with Gasteiger partial charge in [0, 0.05) is 35.4 Å². The van der Waals surface area contributed by atoms with Crippen LogP contribution in [0.5, 0.6) is 0 Å². The van der Waals surface area contributed by atoms with E-state index < -0.39 is 0 Å². The SMILES string of the molecule is CCc1cc2ccc(Cn3ccc4c(C5=CCOCC5)cncc4c3=O)cc2[nH]1. The minimum atomic E-state index is -0.00895. The number of benzene rings is 1. The number of aryl methyl sites for hydroxylation is 1. The predicted molar refractivity (Wildman–Crippen MR) is 116 cm³/mol. The summed E-state index contributed by atoms with van der Waals surface area (Å²) in [5.74, 6) is 0. The first-order valence-electron chi connectivity index (χ1n) is 10.1. The molecule has 0 atom stereocenters. The van der Waals surface area contributed by atoms with Crippen molar-refractivity contribution in [1.29, 1.82) is 0 Å². The molecule has 0 bridgehead atoms. The summed E-state index contributed by atoms with van der Waals surface area (Å²) in [4.78, 5) is 20.9. The van der Waals surface area contributed by atoms with Gasteiger partial charge in [-0.3, -0.25) is 9.78 Å². The lowest BCUT2D eigenvalue weighted by atomic mass is 9.98. The number of nitrogens with one attached hydrogen (secondary N) is 1. The molecule has 4 heterocycles. The molecule has 5 rings (SSSR count).